The van der Waals surface area contributed by atoms with Gasteiger partial charge < -0.3 is 25.8 Å². The molecule has 0 saturated heterocycles. The van der Waals surface area contributed by atoms with Gasteiger partial charge in [-0.05, 0) is 41.2 Å². The third-order valence-corrected chi connectivity index (χ3v) is 6.19. The molecule has 0 spiro atoms. The topological polar surface area (TPSA) is 105 Å². The van der Waals surface area contributed by atoms with Crippen molar-refractivity contribution in [1.29, 1.82) is 0 Å². The van der Waals surface area contributed by atoms with E-state index in [-0.39, 0.29) is 37.3 Å². The Balaban J connectivity index is 1.74. The van der Waals surface area contributed by atoms with E-state index in [1.165, 1.54) is 0 Å². The molecule has 0 aromatic heterocycles. The van der Waals surface area contributed by atoms with Gasteiger partial charge in [0, 0.05) is 19.5 Å². The number of hydrogen-bond donors (Lipinski definition) is 3. The molecule has 0 bridgehead atoms. The summed E-state index contributed by atoms with van der Waals surface area (Å²) in [6.45, 7) is 4.77. The van der Waals surface area contributed by atoms with Crippen LogP contribution in [-0.4, -0.2) is 47.1 Å². The highest BCUT2D eigenvalue weighted by Gasteiger charge is 2.28. The molecule has 3 rings (SSSR count). The van der Waals surface area contributed by atoms with E-state index in [2.05, 4.69) is 5.32 Å². The van der Waals surface area contributed by atoms with Crippen LogP contribution in [0.15, 0.2) is 84.9 Å². The largest absolute Gasteiger partial charge is 0.489 e. The summed E-state index contributed by atoms with van der Waals surface area (Å²) in [5.74, 6) is 0.340. The minimum Gasteiger partial charge on any atom is -0.489 e. The maximum atomic E-state index is 13.7. The maximum Gasteiger partial charge on any atom is 0.245 e. The van der Waals surface area contributed by atoms with Gasteiger partial charge >= 0.3 is 0 Å². The Kier molecular flexibility index (Phi) is 11.3. The van der Waals surface area contributed by atoms with Crippen LogP contribution >= 0.6 is 0 Å². The van der Waals surface area contributed by atoms with Gasteiger partial charge in [-0.2, -0.15) is 0 Å². The first-order valence-electron chi connectivity index (χ1n) is 13.1. The van der Waals surface area contributed by atoms with Gasteiger partial charge in [0.15, 0.2) is 0 Å². The number of carbonyl (C=O) groups excluding carboxylic acids is 2. The third kappa shape index (κ3) is 9.32. The van der Waals surface area contributed by atoms with Gasteiger partial charge in [-0.1, -0.05) is 86.6 Å². The first kappa shape index (κ1) is 28.9. The lowest BCUT2D eigenvalue weighted by Gasteiger charge is -2.28. The van der Waals surface area contributed by atoms with E-state index in [9.17, 15) is 14.7 Å². The van der Waals surface area contributed by atoms with Crippen LogP contribution in [-0.2, 0) is 29.2 Å². The molecule has 7 heteroatoms. The number of amides is 2. The fourth-order valence-corrected chi connectivity index (χ4v) is 4.20. The van der Waals surface area contributed by atoms with Crippen LogP contribution in [0, 0.1) is 5.92 Å². The number of carbonyl (C=O) groups is 2. The molecule has 0 radical (unpaired) electrons. The SMILES string of the molecule is CC(C)CC(N)C(=O)NC(Cc1ccc(OCc2ccccc2)cc1)C(=O)N(CCO)Cc1ccccc1. The van der Waals surface area contributed by atoms with Crippen molar-refractivity contribution in [1.82, 2.24) is 10.2 Å². The lowest BCUT2D eigenvalue weighted by molar-refractivity contribution is -0.137. The first-order valence-corrected chi connectivity index (χ1v) is 13.1. The molecule has 0 aliphatic carbocycles. The molecule has 4 N–H and O–H groups in total. The second-order valence-corrected chi connectivity index (χ2v) is 9.89. The highest BCUT2D eigenvalue weighted by atomic mass is 16.5. The first-order chi connectivity index (χ1) is 18.4. The Morgan fingerprint density at radius 2 is 1.50 bits per heavy atom. The van der Waals surface area contributed by atoms with Gasteiger partial charge in [-0.15, -0.1) is 0 Å². The average Bonchev–Trinajstić information content (AvgIpc) is 2.92. The van der Waals surface area contributed by atoms with Crippen molar-refractivity contribution >= 4 is 11.8 Å². The Morgan fingerprint density at radius 1 is 0.895 bits per heavy atom. The van der Waals surface area contributed by atoms with Crippen molar-refractivity contribution in [3.8, 4) is 5.75 Å². The Bertz CT molecular complexity index is 1120. The van der Waals surface area contributed by atoms with Crippen LogP contribution in [0.25, 0.3) is 0 Å². The van der Waals surface area contributed by atoms with Crippen molar-refractivity contribution < 1.29 is 19.4 Å². The highest BCUT2D eigenvalue weighted by Crippen LogP contribution is 2.17. The molecule has 0 heterocycles. The van der Waals surface area contributed by atoms with E-state index >= 15 is 0 Å². The van der Waals surface area contributed by atoms with Gasteiger partial charge in [0.2, 0.25) is 11.8 Å². The summed E-state index contributed by atoms with van der Waals surface area (Å²) in [6.07, 6.45) is 0.805. The van der Waals surface area contributed by atoms with Crippen LogP contribution in [0.1, 0.15) is 37.0 Å². The summed E-state index contributed by atoms with van der Waals surface area (Å²) >= 11 is 0. The van der Waals surface area contributed by atoms with E-state index in [0.29, 0.717) is 19.6 Å². The number of hydrogen-bond acceptors (Lipinski definition) is 5. The lowest BCUT2D eigenvalue weighted by atomic mass is 10.0. The van der Waals surface area contributed by atoms with Crippen molar-refractivity contribution in [3.63, 3.8) is 0 Å². The Morgan fingerprint density at radius 3 is 2.08 bits per heavy atom. The molecule has 0 aliphatic rings. The number of aliphatic hydroxyl groups excluding tert-OH is 1. The molecule has 0 fully saturated rings. The summed E-state index contributed by atoms with van der Waals surface area (Å²) < 4.78 is 5.88. The Labute approximate surface area is 225 Å². The zero-order chi connectivity index (χ0) is 27.3. The van der Waals surface area contributed by atoms with E-state index in [1.54, 1.807) is 4.90 Å². The van der Waals surface area contributed by atoms with Crippen LogP contribution in [0.2, 0.25) is 0 Å². The molecule has 3 aromatic carbocycles. The molecule has 2 amide bonds. The lowest BCUT2D eigenvalue weighted by Crippen LogP contribution is -2.54. The van der Waals surface area contributed by atoms with E-state index < -0.39 is 12.1 Å². The molecular weight excluding hydrogens is 478 g/mol. The zero-order valence-electron chi connectivity index (χ0n) is 22.3. The van der Waals surface area contributed by atoms with Gasteiger partial charge in [-0.25, -0.2) is 0 Å². The fourth-order valence-electron chi connectivity index (χ4n) is 4.20. The van der Waals surface area contributed by atoms with Crippen molar-refractivity contribution in [2.24, 2.45) is 11.7 Å². The monoisotopic (exact) mass is 517 g/mol. The standard InChI is InChI=1S/C31H39N3O4/c1-23(2)19-28(32)30(36)33-29(31(37)34(17-18-35)21-25-9-5-3-6-10-25)20-24-13-15-27(16-14-24)38-22-26-11-7-4-8-12-26/h3-16,23,28-29,35H,17-22,32H2,1-2H3,(H,33,36). The number of nitrogens with one attached hydrogen (secondary N) is 1. The van der Waals surface area contributed by atoms with Crippen molar-refractivity contribution in [3.05, 3.63) is 102 Å². The summed E-state index contributed by atoms with van der Waals surface area (Å²) in [6, 6.07) is 25.5. The fraction of sp³-hybridized carbons (Fsp3) is 0.355. The molecule has 2 atom stereocenters. The summed E-state index contributed by atoms with van der Waals surface area (Å²) in [5.41, 5.74) is 9.01. The number of aliphatic hydroxyl groups is 1. The number of nitrogens with zero attached hydrogens (tertiary/aromatic N) is 1. The van der Waals surface area contributed by atoms with Crippen molar-refractivity contribution in [2.75, 3.05) is 13.2 Å². The van der Waals surface area contributed by atoms with Gasteiger partial charge in [-0.3, -0.25) is 9.59 Å². The van der Waals surface area contributed by atoms with E-state index in [4.69, 9.17) is 10.5 Å². The number of benzene rings is 3. The minimum absolute atomic E-state index is 0.157. The quantitative estimate of drug-likeness (QED) is 0.303. The van der Waals surface area contributed by atoms with E-state index in [1.807, 2.05) is 98.8 Å². The van der Waals surface area contributed by atoms with Crippen molar-refractivity contribution in [2.45, 2.75) is 51.9 Å². The zero-order valence-corrected chi connectivity index (χ0v) is 22.3. The number of ether oxygens (including phenoxy) is 1. The van der Waals surface area contributed by atoms with Gasteiger partial charge in [0.25, 0.3) is 0 Å². The smallest absolute Gasteiger partial charge is 0.245 e. The highest BCUT2D eigenvalue weighted by molar-refractivity contribution is 5.90. The van der Waals surface area contributed by atoms with Gasteiger partial charge in [0.1, 0.15) is 18.4 Å². The normalized spacial score (nSPS) is 12.6. The number of nitrogens with two attached hydrogens (primary N) is 1. The molecule has 0 saturated carbocycles. The summed E-state index contributed by atoms with van der Waals surface area (Å²) in [4.78, 5) is 28.2. The molecule has 7 nitrogen and oxygen atoms in total. The second kappa shape index (κ2) is 14.9. The third-order valence-electron chi connectivity index (χ3n) is 6.19. The minimum atomic E-state index is -0.827. The second-order valence-electron chi connectivity index (χ2n) is 9.89. The van der Waals surface area contributed by atoms with E-state index in [0.717, 1.165) is 22.4 Å². The predicted molar refractivity (Wildman–Crippen MR) is 149 cm³/mol. The van der Waals surface area contributed by atoms with Crippen LogP contribution < -0.4 is 15.8 Å². The maximum absolute atomic E-state index is 13.7. The molecule has 3 aromatic rings. The van der Waals surface area contributed by atoms with Crippen LogP contribution in [0.4, 0.5) is 0 Å². The molecule has 2 unspecified atom stereocenters. The molecule has 0 aliphatic heterocycles. The average molecular weight is 518 g/mol. The Hall–Kier alpha value is -3.68. The van der Waals surface area contributed by atoms with Gasteiger partial charge in [0.05, 0.1) is 12.6 Å². The molecular formula is C31H39N3O4. The summed E-state index contributed by atoms with van der Waals surface area (Å²) in [7, 11) is 0. The summed E-state index contributed by atoms with van der Waals surface area (Å²) in [5, 5.41) is 12.5. The molecule has 38 heavy (non-hydrogen) atoms. The van der Waals surface area contributed by atoms with Crippen LogP contribution in [0.5, 0.6) is 5.75 Å². The van der Waals surface area contributed by atoms with Crippen LogP contribution in [0.3, 0.4) is 0 Å². The molecule has 202 valence electrons. The predicted octanol–water partition coefficient (Wildman–Crippen LogP) is 3.69. The number of rotatable bonds is 14.